The predicted octanol–water partition coefficient (Wildman–Crippen LogP) is 2.78. The summed E-state index contributed by atoms with van der Waals surface area (Å²) in [7, 11) is 0. The van der Waals surface area contributed by atoms with Gasteiger partial charge in [-0.2, -0.15) is 5.10 Å². The molecule has 182 valence electrons. The smallest absolute Gasteiger partial charge is 0.320 e. The first kappa shape index (κ1) is 25.3. The minimum Gasteiger partial charge on any atom is -0.494 e. The van der Waals surface area contributed by atoms with Gasteiger partial charge in [-0.25, -0.2) is 18.4 Å². The Morgan fingerprint density at radius 2 is 2.00 bits per heavy atom. The Hall–Kier alpha value is -3.37. The fourth-order valence-corrected chi connectivity index (χ4v) is 3.64. The van der Waals surface area contributed by atoms with Crippen molar-refractivity contribution >= 4 is 5.97 Å². The Morgan fingerprint density at radius 1 is 1.21 bits per heavy atom. The summed E-state index contributed by atoms with van der Waals surface area (Å²) in [5, 5.41) is 15.6. The molecule has 1 atom stereocenters. The Bertz CT molecular complexity index is 1040. The number of carbonyl (C=O) groups is 1. The highest BCUT2D eigenvalue weighted by atomic mass is 19.1. The molecule has 0 aliphatic rings. The van der Waals surface area contributed by atoms with Crippen molar-refractivity contribution in [2.24, 2.45) is 0 Å². The molecule has 0 aliphatic heterocycles. The van der Waals surface area contributed by atoms with Gasteiger partial charge >= 0.3 is 5.97 Å². The molecule has 0 fully saturated rings. The van der Waals surface area contributed by atoms with Crippen LogP contribution in [-0.4, -0.2) is 63.6 Å². The first-order valence-corrected chi connectivity index (χ1v) is 11.0. The summed E-state index contributed by atoms with van der Waals surface area (Å²) in [6.45, 7) is 2.21. The number of halogens is 2. The zero-order valence-electron chi connectivity index (χ0n) is 18.9. The third kappa shape index (κ3) is 7.32. The van der Waals surface area contributed by atoms with E-state index in [0.717, 1.165) is 11.8 Å². The first-order chi connectivity index (χ1) is 16.4. The molecule has 1 heterocycles. The fourth-order valence-electron chi connectivity index (χ4n) is 3.64. The van der Waals surface area contributed by atoms with Gasteiger partial charge in [-0.1, -0.05) is 24.3 Å². The van der Waals surface area contributed by atoms with Crippen LogP contribution in [0, 0.1) is 11.6 Å². The van der Waals surface area contributed by atoms with Crippen LogP contribution < -0.4 is 4.74 Å². The largest absolute Gasteiger partial charge is 0.494 e. The standard InChI is InChI=1S/C24H28F2N4O4/c1-2-33-23(31)14-29(11-6-12-34-20-7-4-3-5-8-20)15-24(32,16-30-18-27-17-28-30)21-10-9-19(25)13-22(21)26/h3-5,7-10,13,17-18,32H,2,6,11-12,14-16H2,1H3. The van der Waals surface area contributed by atoms with E-state index in [0.29, 0.717) is 25.6 Å². The topological polar surface area (TPSA) is 89.7 Å². The minimum atomic E-state index is -1.84. The van der Waals surface area contributed by atoms with Crippen LogP contribution in [0.2, 0.25) is 0 Å². The lowest BCUT2D eigenvalue weighted by molar-refractivity contribution is -0.145. The van der Waals surface area contributed by atoms with Crippen molar-refractivity contribution in [2.75, 3.05) is 32.8 Å². The molecule has 0 radical (unpaired) electrons. The summed E-state index contributed by atoms with van der Waals surface area (Å²) < 4.78 is 40.4. The SMILES string of the molecule is CCOC(=O)CN(CCCOc1ccccc1)CC(O)(Cn1cncn1)c1ccc(F)cc1F. The Balaban J connectivity index is 1.78. The fraction of sp³-hybridized carbons (Fsp3) is 0.375. The second kappa shape index (κ2) is 12.2. The number of aliphatic hydroxyl groups is 1. The van der Waals surface area contributed by atoms with Gasteiger partial charge in [0.05, 0.1) is 26.3 Å². The number of rotatable bonds is 13. The zero-order chi connectivity index (χ0) is 24.4. The maximum atomic E-state index is 14.7. The second-order valence-corrected chi connectivity index (χ2v) is 7.78. The van der Waals surface area contributed by atoms with Crippen LogP contribution >= 0.6 is 0 Å². The van der Waals surface area contributed by atoms with Gasteiger partial charge in [-0.3, -0.25) is 9.69 Å². The maximum absolute atomic E-state index is 14.7. The van der Waals surface area contributed by atoms with Crippen molar-refractivity contribution in [1.82, 2.24) is 19.7 Å². The Kier molecular flexibility index (Phi) is 9.06. The normalized spacial score (nSPS) is 13.0. The van der Waals surface area contributed by atoms with E-state index >= 15 is 0 Å². The number of nitrogens with zero attached hydrogens (tertiary/aromatic N) is 4. The van der Waals surface area contributed by atoms with Crippen molar-refractivity contribution in [1.29, 1.82) is 0 Å². The monoisotopic (exact) mass is 474 g/mol. The molecule has 0 amide bonds. The second-order valence-electron chi connectivity index (χ2n) is 7.78. The zero-order valence-corrected chi connectivity index (χ0v) is 18.9. The van der Waals surface area contributed by atoms with Crippen LogP contribution in [0.5, 0.6) is 5.75 Å². The summed E-state index contributed by atoms with van der Waals surface area (Å²) in [6, 6.07) is 12.3. The molecular formula is C24H28F2N4O4. The molecule has 8 nitrogen and oxygen atoms in total. The Morgan fingerprint density at radius 3 is 2.68 bits per heavy atom. The van der Waals surface area contributed by atoms with Crippen molar-refractivity contribution < 1.29 is 28.2 Å². The van der Waals surface area contributed by atoms with E-state index in [-0.39, 0.29) is 31.8 Å². The van der Waals surface area contributed by atoms with Gasteiger partial charge in [0, 0.05) is 24.7 Å². The molecule has 2 aromatic carbocycles. The number of ether oxygens (including phenoxy) is 2. The van der Waals surface area contributed by atoms with Crippen molar-refractivity contribution in [3.8, 4) is 5.75 Å². The number of hydrogen-bond donors (Lipinski definition) is 1. The van der Waals surface area contributed by atoms with Gasteiger partial charge in [0.15, 0.2) is 0 Å². The first-order valence-electron chi connectivity index (χ1n) is 11.0. The minimum absolute atomic E-state index is 0.112. The molecule has 0 aliphatic carbocycles. The molecule has 34 heavy (non-hydrogen) atoms. The van der Waals surface area contributed by atoms with Gasteiger partial charge in [-0.15, -0.1) is 0 Å². The van der Waals surface area contributed by atoms with Gasteiger partial charge < -0.3 is 14.6 Å². The van der Waals surface area contributed by atoms with E-state index in [9.17, 15) is 18.7 Å². The third-order valence-electron chi connectivity index (χ3n) is 5.10. The predicted molar refractivity (Wildman–Crippen MR) is 120 cm³/mol. The molecule has 3 aromatic rings. The average Bonchev–Trinajstić information content (AvgIpc) is 3.30. The molecule has 3 rings (SSSR count). The van der Waals surface area contributed by atoms with Crippen molar-refractivity contribution in [2.45, 2.75) is 25.5 Å². The van der Waals surface area contributed by atoms with Gasteiger partial charge in [0.25, 0.3) is 0 Å². The number of benzene rings is 2. The van der Waals surface area contributed by atoms with E-state index in [4.69, 9.17) is 9.47 Å². The number of carbonyl (C=O) groups excluding carboxylic acids is 1. The lowest BCUT2D eigenvalue weighted by Gasteiger charge is -2.34. The van der Waals surface area contributed by atoms with Crippen LogP contribution in [0.1, 0.15) is 18.9 Å². The number of aromatic nitrogens is 3. The lowest BCUT2D eigenvalue weighted by atomic mass is 9.92. The van der Waals surface area contributed by atoms with E-state index < -0.39 is 23.2 Å². The van der Waals surface area contributed by atoms with E-state index in [1.54, 1.807) is 11.8 Å². The quantitative estimate of drug-likeness (QED) is 0.301. The summed E-state index contributed by atoms with van der Waals surface area (Å²) in [4.78, 5) is 17.8. The van der Waals surface area contributed by atoms with Crippen LogP contribution in [-0.2, 0) is 21.7 Å². The molecule has 10 heteroatoms. The number of hydrogen-bond acceptors (Lipinski definition) is 7. The molecule has 1 N–H and O–H groups in total. The van der Waals surface area contributed by atoms with E-state index in [1.807, 2.05) is 30.3 Å². The van der Waals surface area contributed by atoms with E-state index in [1.165, 1.54) is 23.4 Å². The molecular weight excluding hydrogens is 446 g/mol. The molecule has 1 unspecified atom stereocenters. The van der Waals surface area contributed by atoms with Gasteiger partial charge in [-0.05, 0) is 31.5 Å². The summed E-state index contributed by atoms with van der Waals surface area (Å²) in [5.74, 6) is -1.42. The lowest BCUT2D eigenvalue weighted by Crippen LogP contribution is -2.47. The average molecular weight is 475 g/mol. The summed E-state index contributed by atoms with van der Waals surface area (Å²) in [5.41, 5.74) is -1.95. The van der Waals surface area contributed by atoms with Crippen LogP contribution in [0.25, 0.3) is 0 Å². The Labute approximate surface area is 196 Å². The van der Waals surface area contributed by atoms with Crippen LogP contribution in [0.15, 0.2) is 61.2 Å². The highest BCUT2D eigenvalue weighted by Crippen LogP contribution is 2.28. The number of para-hydroxylation sites is 1. The van der Waals surface area contributed by atoms with E-state index in [2.05, 4.69) is 10.1 Å². The van der Waals surface area contributed by atoms with Crippen LogP contribution in [0.4, 0.5) is 8.78 Å². The molecule has 0 bridgehead atoms. The highest BCUT2D eigenvalue weighted by Gasteiger charge is 2.36. The summed E-state index contributed by atoms with van der Waals surface area (Å²) in [6.07, 6.45) is 3.20. The van der Waals surface area contributed by atoms with Gasteiger partial charge in [0.2, 0.25) is 0 Å². The van der Waals surface area contributed by atoms with Crippen LogP contribution in [0.3, 0.4) is 0 Å². The van der Waals surface area contributed by atoms with Gasteiger partial charge in [0.1, 0.15) is 35.6 Å². The molecule has 1 aromatic heterocycles. The van der Waals surface area contributed by atoms with Crippen molar-refractivity contribution in [3.63, 3.8) is 0 Å². The molecule has 0 saturated heterocycles. The third-order valence-corrected chi connectivity index (χ3v) is 5.10. The highest BCUT2D eigenvalue weighted by molar-refractivity contribution is 5.71. The number of esters is 1. The molecule has 0 spiro atoms. The maximum Gasteiger partial charge on any atom is 0.320 e. The van der Waals surface area contributed by atoms with Crippen molar-refractivity contribution in [3.05, 3.63) is 78.4 Å². The molecule has 0 saturated carbocycles. The summed E-state index contributed by atoms with van der Waals surface area (Å²) >= 11 is 0.